The van der Waals surface area contributed by atoms with Crippen molar-refractivity contribution in [2.75, 3.05) is 31.0 Å². The lowest BCUT2D eigenvalue weighted by atomic mass is 10.0. The number of rotatable bonds is 4. The minimum atomic E-state index is -3.70. The number of para-hydroxylation sites is 1. The smallest absolute Gasteiger partial charge is 0.337 e. The third-order valence-electron chi connectivity index (χ3n) is 5.92. The number of carbonyl (C=O) groups is 1. The largest absolute Gasteiger partial charge is 0.465 e. The van der Waals surface area contributed by atoms with Crippen LogP contribution in [0.25, 0.3) is 0 Å². The molecule has 1 spiro atoms. The molecule has 29 heavy (non-hydrogen) atoms. The van der Waals surface area contributed by atoms with Gasteiger partial charge in [0.25, 0.3) is 0 Å². The highest BCUT2D eigenvalue weighted by atomic mass is 32.2. The molecule has 7 nitrogen and oxygen atoms in total. The molecule has 2 aromatic carbocycles. The second-order valence-electron chi connectivity index (χ2n) is 7.60. The molecule has 2 aliphatic rings. The van der Waals surface area contributed by atoms with Crippen LogP contribution in [0.1, 0.15) is 22.3 Å². The van der Waals surface area contributed by atoms with Gasteiger partial charge in [0.15, 0.2) is 0 Å². The second kappa shape index (κ2) is 7.44. The Balaban J connectivity index is 1.51. The molecule has 0 aromatic heterocycles. The molecule has 0 unspecified atom stereocenters. The number of aliphatic hydroxyl groups is 1. The minimum Gasteiger partial charge on any atom is -0.465 e. The number of methoxy groups -OCH3 is 1. The molecule has 0 bridgehead atoms. The van der Waals surface area contributed by atoms with E-state index in [1.165, 1.54) is 11.4 Å². The number of likely N-dealkylation sites (tertiary alicyclic amines) is 1. The summed E-state index contributed by atoms with van der Waals surface area (Å²) in [7, 11) is -2.36. The Hall–Kier alpha value is -2.42. The third-order valence-corrected chi connectivity index (χ3v) is 8.49. The second-order valence-corrected chi connectivity index (χ2v) is 9.81. The highest BCUT2D eigenvalue weighted by Gasteiger charge is 2.61. The number of hydrogen-bond acceptors (Lipinski definition) is 6. The topological polar surface area (TPSA) is 87.2 Å². The van der Waals surface area contributed by atoms with Gasteiger partial charge in [-0.2, -0.15) is 0 Å². The number of ether oxygens (including phenoxy) is 1. The molecule has 0 saturated carbocycles. The lowest BCUT2D eigenvalue weighted by molar-refractivity contribution is 0.0600. The fraction of sp³-hybridized carbons (Fsp3) is 0.381. The van der Waals surface area contributed by atoms with Gasteiger partial charge in [-0.05, 0) is 36.2 Å². The Bertz CT molecular complexity index is 993. The zero-order valence-electron chi connectivity index (χ0n) is 16.2. The van der Waals surface area contributed by atoms with E-state index in [9.17, 15) is 18.3 Å². The average Bonchev–Trinajstić information content (AvgIpc) is 3.25. The van der Waals surface area contributed by atoms with E-state index in [2.05, 4.69) is 0 Å². The number of carbonyl (C=O) groups excluding carboxylic acids is 1. The van der Waals surface area contributed by atoms with Gasteiger partial charge in [-0.1, -0.05) is 30.3 Å². The Labute approximate surface area is 170 Å². The van der Waals surface area contributed by atoms with Gasteiger partial charge >= 0.3 is 5.97 Å². The summed E-state index contributed by atoms with van der Waals surface area (Å²) >= 11 is 0. The van der Waals surface area contributed by atoms with Gasteiger partial charge in [-0.3, -0.25) is 9.21 Å². The number of aliphatic hydroxyl groups excluding tert-OH is 1. The van der Waals surface area contributed by atoms with E-state index in [0.29, 0.717) is 30.8 Å². The van der Waals surface area contributed by atoms with Gasteiger partial charge < -0.3 is 9.84 Å². The lowest BCUT2D eigenvalue weighted by Crippen LogP contribution is -2.47. The van der Waals surface area contributed by atoms with Gasteiger partial charge in [-0.15, -0.1) is 0 Å². The number of benzene rings is 2. The molecule has 2 saturated heterocycles. The van der Waals surface area contributed by atoms with Gasteiger partial charge in [0, 0.05) is 19.6 Å². The Kier molecular flexibility index (Phi) is 5.10. The van der Waals surface area contributed by atoms with Crippen molar-refractivity contribution >= 4 is 21.7 Å². The average molecular weight is 416 g/mol. The number of sulfonamides is 1. The predicted octanol–water partition coefficient (Wildman–Crippen LogP) is 1.63. The van der Waals surface area contributed by atoms with Crippen molar-refractivity contribution in [3.63, 3.8) is 0 Å². The van der Waals surface area contributed by atoms with E-state index >= 15 is 0 Å². The van der Waals surface area contributed by atoms with Crippen LogP contribution >= 0.6 is 0 Å². The van der Waals surface area contributed by atoms with E-state index in [1.54, 1.807) is 36.4 Å². The zero-order chi connectivity index (χ0) is 20.6. The number of anilines is 1. The van der Waals surface area contributed by atoms with E-state index in [0.717, 1.165) is 5.56 Å². The molecule has 2 heterocycles. The van der Waals surface area contributed by atoms with Crippen molar-refractivity contribution < 1.29 is 23.1 Å². The highest BCUT2D eigenvalue weighted by Crippen LogP contribution is 2.43. The zero-order valence-corrected chi connectivity index (χ0v) is 17.0. The predicted molar refractivity (Wildman–Crippen MR) is 109 cm³/mol. The molecule has 0 amide bonds. The summed E-state index contributed by atoms with van der Waals surface area (Å²) < 4.78 is 31.6. The van der Waals surface area contributed by atoms with Crippen molar-refractivity contribution in [1.29, 1.82) is 0 Å². The van der Waals surface area contributed by atoms with Crippen LogP contribution in [-0.2, 0) is 21.3 Å². The maximum Gasteiger partial charge on any atom is 0.337 e. The van der Waals surface area contributed by atoms with Crippen LogP contribution in [0, 0.1) is 0 Å². The summed E-state index contributed by atoms with van der Waals surface area (Å²) in [6, 6.07) is 16.0. The Morgan fingerprint density at radius 1 is 1.17 bits per heavy atom. The van der Waals surface area contributed by atoms with Crippen LogP contribution in [0.5, 0.6) is 0 Å². The van der Waals surface area contributed by atoms with Crippen LogP contribution in [0.15, 0.2) is 54.6 Å². The van der Waals surface area contributed by atoms with Gasteiger partial charge in [0.2, 0.25) is 10.0 Å². The minimum absolute atomic E-state index is 0.0774. The standard InChI is InChI=1S/C21H24N2O5S/c1-28-20(25)17-9-7-16(8-10-17)13-22-12-11-21(15-22)19(24)14-23(29(21,26)27)18-5-3-2-4-6-18/h2-10,19,24H,11-15H2,1H3/t19-,21-/m1/s1. The molecule has 2 aliphatic heterocycles. The third kappa shape index (κ3) is 3.31. The molecule has 1 N–H and O–H groups in total. The van der Waals surface area contributed by atoms with Gasteiger partial charge in [-0.25, -0.2) is 13.2 Å². The molecule has 2 atom stereocenters. The fourth-order valence-corrected chi connectivity index (χ4v) is 6.56. The lowest BCUT2D eigenvalue weighted by Gasteiger charge is -2.27. The van der Waals surface area contributed by atoms with Crippen molar-refractivity contribution in [3.8, 4) is 0 Å². The first-order valence-electron chi connectivity index (χ1n) is 9.52. The van der Waals surface area contributed by atoms with Gasteiger partial charge in [0.1, 0.15) is 4.75 Å². The number of esters is 1. The fourth-order valence-electron chi connectivity index (χ4n) is 4.28. The van der Waals surface area contributed by atoms with E-state index in [-0.39, 0.29) is 13.1 Å². The maximum absolute atomic E-state index is 13.4. The van der Waals surface area contributed by atoms with Crippen molar-refractivity contribution in [3.05, 3.63) is 65.7 Å². The molecular weight excluding hydrogens is 392 g/mol. The quantitative estimate of drug-likeness (QED) is 0.763. The maximum atomic E-state index is 13.4. The summed E-state index contributed by atoms with van der Waals surface area (Å²) in [5.74, 6) is -0.391. The van der Waals surface area contributed by atoms with Crippen LogP contribution in [-0.4, -0.2) is 62.0 Å². The normalized spacial score (nSPS) is 26.1. The Morgan fingerprint density at radius 2 is 1.86 bits per heavy atom. The summed E-state index contributed by atoms with van der Waals surface area (Å²) in [6.45, 7) is 1.49. The van der Waals surface area contributed by atoms with Crippen LogP contribution < -0.4 is 4.31 Å². The van der Waals surface area contributed by atoms with Crippen LogP contribution in [0.4, 0.5) is 5.69 Å². The van der Waals surface area contributed by atoms with E-state index in [1.807, 2.05) is 23.1 Å². The SMILES string of the molecule is COC(=O)c1ccc(CN2CC[C@@]3(C2)[C@H](O)CN(c2ccccc2)S3(=O)=O)cc1. The molecule has 8 heteroatoms. The first-order chi connectivity index (χ1) is 13.9. The molecule has 154 valence electrons. The van der Waals surface area contributed by atoms with Crippen molar-refractivity contribution in [2.45, 2.75) is 23.8 Å². The van der Waals surface area contributed by atoms with Crippen molar-refractivity contribution in [2.24, 2.45) is 0 Å². The summed E-state index contributed by atoms with van der Waals surface area (Å²) in [6.07, 6.45) is -0.556. The number of nitrogens with zero attached hydrogens (tertiary/aromatic N) is 2. The molecule has 0 aliphatic carbocycles. The number of hydrogen-bond donors (Lipinski definition) is 1. The molecule has 2 fully saturated rings. The number of β-amino-alcohol motifs (C(OH)–C–C–N with tert-alkyl or cyclic N) is 1. The van der Waals surface area contributed by atoms with E-state index in [4.69, 9.17) is 4.74 Å². The van der Waals surface area contributed by atoms with Crippen LogP contribution in [0.3, 0.4) is 0 Å². The molecule has 0 radical (unpaired) electrons. The summed E-state index contributed by atoms with van der Waals surface area (Å²) in [5, 5.41) is 10.8. The summed E-state index contributed by atoms with van der Waals surface area (Å²) in [4.78, 5) is 13.6. The first-order valence-corrected chi connectivity index (χ1v) is 11.0. The highest BCUT2D eigenvalue weighted by molar-refractivity contribution is 7.94. The molecule has 2 aromatic rings. The first kappa shape index (κ1) is 19.9. The van der Waals surface area contributed by atoms with Gasteiger partial charge in [0.05, 0.1) is 31.0 Å². The van der Waals surface area contributed by atoms with Crippen LogP contribution in [0.2, 0.25) is 0 Å². The van der Waals surface area contributed by atoms with E-state index < -0.39 is 26.8 Å². The molecular formula is C21H24N2O5S. The monoisotopic (exact) mass is 416 g/mol. The van der Waals surface area contributed by atoms with Crippen molar-refractivity contribution in [1.82, 2.24) is 4.90 Å². The Morgan fingerprint density at radius 3 is 2.52 bits per heavy atom. The summed E-state index contributed by atoms with van der Waals surface area (Å²) in [5.41, 5.74) is 2.03. The molecule has 4 rings (SSSR count).